The van der Waals surface area contributed by atoms with Crippen LogP contribution in [0.1, 0.15) is 35.6 Å². The summed E-state index contributed by atoms with van der Waals surface area (Å²) in [5.74, 6) is 0.147. The predicted octanol–water partition coefficient (Wildman–Crippen LogP) is 2.74. The molecule has 2 N–H and O–H groups in total. The summed E-state index contributed by atoms with van der Waals surface area (Å²) in [4.78, 5) is 33.5. The summed E-state index contributed by atoms with van der Waals surface area (Å²) in [6, 6.07) is 4.68. The third-order valence-corrected chi connectivity index (χ3v) is 6.00. The molecule has 5 rings (SSSR count). The van der Waals surface area contributed by atoms with Gasteiger partial charge in [0.15, 0.2) is 11.5 Å². The molecule has 1 aliphatic rings. The number of piperazine rings is 1. The van der Waals surface area contributed by atoms with E-state index in [1.165, 1.54) is 7.11 Å². The van der Waals surface area contributed by atoms with Crippen molar-refractivity contribution in [2.45, 2.75) is 39.8 Å². The van der Waals surface area contributed by atoms with E-state index in [9.17, 15) is 4.79 Å². The standard InChI is InChI=1S/C24H28N8O2/c1-13-9-31(10-14(2)26-13)19-7-6-17(21-18(19)8-25-24(30-21)34-5)23(33)29-20-12-32-11-15(3)27-16(4)22(32)28-20/h6-8,11-14,26H,9-10H2,1-5H3,(H,29,33)/t13-,14+. The average molecular weight is 461 g/mol. The van der Waals surface area contributed by atoms with Gasteiger partial charge in [-0.15, -0.1) is 0 Å². The normalized spacial score (nSPS) is 18.4. The Bertz CT molecular complexity index is 1390. The monoisotopic (exact) mass is 460 g/mol. The van der Waals surface area contributed by atoms with Crippen molar-refractivity contribution < 1.29 is 9.53 Å². The zero-order chi connectivity index (χ0) is 24.0. The van der Waals surface area contributed by atoms with E-state index >= 15 is 0 Å². The number of aromatic nitrogens is 5. The van der Waals surface area contributed by atoms with Crippen molar-refractivity contribution in [1.82, 2.24) is 29.7 Å². The minimum Gasteiger partial charge on any atom is -0.467 e. The number of fused-ring (bicyclic) bond motifs is 2. The molecule has 4 aromatic rings. The van der Waals surface area contributed by atoms with Crippen molar-refractivity contribution in [3.63, 3.8) is 0 Å². The van der Waals surface area contributed by atoms with Crippen LogP contribution in [-0.2, 0) is 0 Å². The largest absolute Gasteiger partial charge is 0.467 e. The van der Waals surface area contributed by atoms with Gasteiger partial charge in [0.25, 0.3) is 5.91 Å². The SMILES string of the molecule is COc1ncc2c(N3C[C@@H](C)N[C@@H](C)C3)ccc(C(=O)Nc3cn4cc(C)nc(C)c4n3)c2n1. The van der Waals surface area contributed by atoms with Crippen molar-refractivity contribution in [3.05, 3.63) is 47.7 Å². The summed E-state index contributed by atoms with van der Waals surface area (Å²) in [6.07, 6.45) is 5.39. The van der Waals surface area contributed by atoms with Crippen molar-refractivity contribution in [1.29, 1.82) is 0 Å². The van der Waals surface area contributed by atoms with Gasteiger partial charge in [-0.3, -0.25) is 9.78 Å². The fourth-order valence-corrected chi connectivity index (χ4v) is 4.72. The number of methoxy groups -OCH3 is 1. The number of carbonyl (C=O) groups is 1. The first-order chi connectivity index (χ1) is 16.3. The number of aryl methyl sites for hydroxylation is 2. The fourth-order valence-electron chi connectivity index (χ4n) is 4.72. The third kappa shape index (κ3) is 4.01. The molecule has 1 amide bonds. The zero-order valence-corrected chi connectivity index (χ0v) is 20.0. The Morgan fingerprint density at radius 3 is 2.62 bits per heavy atom. The van der Waals surface area contributed by atoms with Crippen LogP contribution in [0.4, 0.5) is 11.5 Å². The van der Waals surface area contributed by atoms with Gasteiger partial charge < -0.3 is 24.7 Å². The van der Waals surface area contributed by atoms with E-state index in [1.807, 2.05) is 36.6 Å². The lowest BCUT2D eigenvalue weighted by molar-refractivity contribution is 0.102. The summed E-state index contributed by atoms with van der Waals surface area (Å²) in [6.45, 7) is 9.86. The maximum atomic E-state index is 13.3. The van der Waals surface area contributed by atoms with Gasteiger partial charge >= 0.3 is 6.01 Å². The second kappa shape index (κ2) is 8.53. The number of amides is 1. The Labute approximate surface area is 197 Å². The first-order valence-corrected chi connectivity index (χ1v) is 11.3. The average Bonchev–Trinajstić information content (AvgIpc) is 3.19. The molecule has 4 heterocycles. The molecule has 1 saturated heterocycles. The lowest BCUT2D eigenvalue weighted by atomic mass is 10.0. The summed E-state index contributed by atoms with van der Waals surface area (Å²) in [7, 11) is 1.51. The van der Waals surface area contributed by atoms with Crippen LogP contribution in [0.2, 0.25) is 0 Å². The number of hydrogen-bond acceptors (Lipinski definition) is 8. The number of benzene rings is 1. The highest BCUT2D eigenvalue weighted by Crippen LogP contribution is 2.31. The number of anilines is 2. The van der Waals surface area contributed by atoms with Gasteiger partial charge in [-0.25, -0.2) is 9.97 Å². The quantitative estimate of drug-likeness (QED) is 0.478. The van der Waals surface area contributed by atoms with E-state index in [2.05, 4.69) is 49.3 Å². The van der Waals surface area contributed by atoms with Crippen molar-refractivity contribution in [3.8, 4) is 6.01 Å². The molecule has 10 heteroatoms. The van der Waals surface area contributed by atoms with Crippen LogP contribution in [0.15, 0.2) is 30.7 Å². The molecule has 0 saturated carbocycles. The summed E-state index contributed by atoms with van der Waals surface area (Å²) in [5, 5.41) is 7.27. The van der Waals surface area contributed by atoms with Gasteiger partial charge in [0.2, 0.25) is 0 Å². The molecule has 176 valence electrons. The second-order valence-electron chi connectivity index (χ2n) is 8.90. The topological polar surface area (TPSA) is 110 Å². The number of ether oxygens (including phenoxy) is 1. The number of imidazole rings is 1. The van der Waals surface area contributed by atoms with Gasteiger partial charge in [-0.1, -0.05) is 0 Å². The molecule has 1 aliphatic heterocycles. The molecule has 0 spiro atoms. The molecule has 2 atom stereocenters. The number of hydrogen-bond donors (Lipinski definition) is 2. The molecule has 0 aliphatic carbocycles. The van der Waals surface area contributed by atoms with Crippen molar-refractivity contribution in [2.75, 3.05) is 30.4 Å². The lowest BCUT2D eigenvalue weighted by Crippen LogP contribution is -2.54. The molecule has 3 aromatic heterocycles. The van der Waals surface area contributed by atoms with Crippen LogP contribution in [-0.4, -0.2) is 62.5 Å². The fraction of sp³-hybridized carbons (Fsp3) is 0.375. The Morgan fingerprint density at radius 1 is 1.12 bits per heavy atom. The van der Waals surface area contributed by atoms with E-state index in [4.69, 9.17) is 4.74 Å². The molecule has 34 heavy (non-hydrogen) atoms. The number of carbonyl (C=O) groups excluding carboxylic acids is 1. The molecular weight excluding hydrogens is 432 g/mol. The van der Waals surface area contributed by atoms with Gasteiger partial charge in [-0.05, 0) is 39.8 Å². The zero-order valence-electron chi connectivity index (χ0n) is 20.0. The predicted molar refractivity (Wildman–Crippen MR) is 131 cm³/mol. The van der Waals surface area contributed by atoms with E-state index in [0.29, 0.717) is 34.6 Å². The van der Waals surface area contributed by atoms with Gasteiger partial charge in [-0.2, -0.15) is 4.98 Å². The maximum Gasteiger partial charge on any atom is 0.316 e. The van der Waals surface area contributed by atoms with Crippen LogP contribution in [0, 0.1) is 13.8 Å². The van der Waals surface area contributed by atoms with Crippen LogP contribution >= 0.6 is 0 Å². The van der Waals surface area contributed by atoms with Gasteiger partial charge in [0.05, 0.1) is 35.8 Å². The minimum atomic E-state index is -0.301. The van der Waals surface area contributed by atoms with Crippen LogP contribution < -0.4 is 20.3 Å². The van der Waals surface area contributed by atoms with E-state index < -0.39 is 0 Å². The van der Waals surface area contributed by atoms with E-state index in [1.54, 1.807) is 12.4 Å². The molecular formula is C24H28N8O2. The first-order valence-electron chi connectivity index (χ1n) is 11.3. The molecule has 0 radical (unpaired) electrons. The first kappa shape index (κ1) is 22.0. The minimum absolute atomic E-state index is 0.214. The molecule has 1 fully saturated rings. The van der Waals surface area contributed by atoms with E-state index in [0.717, 1.165) is 35.6 Å². The van der Waals surface area contributed by atoms with Gasteiger partial charge in [0.1, 0.15) is 0 Å². The van der Waals surface area contributed by atoms with Gasteiger partial charge in [0, 0.05) is 48.6 Å². The third-order valence-electron chi connectivity index (χ3n) is 6.00. The summed E-state index contributed by atoms with van der Waals surface area (Å²) >= 11 is 0. The number of nitrogens with one attached hydrogen (secondary N) is 2. The van der Waals surface area contributed by atoms with Crippen LogP contribution in [0.5, 0.6) is 6.01 Å². The van der Waals surface area contributed by atoms with Crippen molar-refractivity contribution in [2.24, 2.45) is 0 Å². The molecule has 10 nitrogen and oxygen atoms in total. The molecule has 1 aromatic carbocycles. The lowest BCUT2D eigenvalue weighted by Gasteiger charge is -2.38. The van der Waals surface area contributed by atoms with Crippen LogP contribution in [0.25, 0.3) is 16.6 Å². The maximum absolute atomic E-state index is 13.3. The number of rotatable bonds is 4. The Morgan fingerprint density at radius 2 is 1.88 bits per heavy atom. The highest BCUT2D eigenvalue weighted by molar-refractivity contribution is 6.13. The highest BCUT2D eigenvalue weighted by atomic mass is 16.5. The smallest absolute Gasteiger partial charge is 0.316 e. The Hall–Kier alpha value is -3.79. The molecule has 0 unspecified atom stereocenters. The summed E-state index contributed by atoms with van der Waals surface area (Å²) < 4.78 is 7.13. The number of nitrogens with zero attached hydrogens (tertiary/aromatic N) is 6. The van der Waals surface area contributed by atoms with E-state index in [-0.39, 0.29) is 11.9 Å². The Balaban J connectivity index is 1.54. The van der Waals surface area contributed by atoms with Crippen molar-refractivity contribution >= 4 is 34.0 Å². The Kier molecular flexibility index (Phi) is 5.52. The second-order valence-corrected chi connectivity index (χ2v) is 8.90. The summed E-state index contributed by atoms with van der Waals surface area (Å²) in [5.41, 5.74) is 4.35. The highest BCUT2D eigenvalue weighted by Gasteiger charge is 2.25. The van der Waals surface area contributed by atoms with Crippen LogP contribution in [0.3, 0.4) is 0 Å². The molecule has 0 bridgehead atoms.